The Morgan fingerprint density at radius 2 is 1.95 bits per heavy atom. The highest BCUT2D eigenvalue weighted by Gasteiger charge is 2.42. The molecule has 1 fully saturated rings. The molecule has 0 saturated heterocycles. The van der Waals surface area contributed by atoms with E-state index in [9.17, 15) is 5.11 Å². The largest absolute Gasteiger partial charge is 0.487 e. The van der Waals surface area contributed by atoms with Crippen LogP contribution in [0, 0.1) is 6.92 Å². The van der Waals surface area contributed by atoms with Crippen LogP contribution in [0.3, 0.4) is 0 Å². The van der Waals surface area contributed by atoms with Crippen molar-refractivity contribution in [2.75, 3.05) is 7.11 Å². The normalized spacial score (nSPS) is 26.9. The lowest BCUT2D eigenvalue weighted by molar-refractivity contribution is -0.149. The molecule has 1 aromatic carbocycles. The number of ether oxygens (including phenoxy) is 2. The maximum absolute atomic E-state index is 9.62. The van der Waals surface area contributed by atoms with Gasteiger partial charge in [-0.2, -0.15) is 0 Å². The molecule has 0 bridgehead atoms. The van der Waals surface area contributed by atoms with Crippen molar-refractivity contribution in [2.24, 2.45) is 0 Å². The van der Waals surface area contributed by atoms with Crippen molar-refractivity contribution in [1.82, 2.24) is 0 Å². The quantitative estimate of drug-likeness (QED) is 0.912. The second kappa shape index (κ2) is 5.14. The number of methoxy groups -OCH3 is 1. The molecule has 2 rings (SSSR count). The number of aliphatic hydroxyl groups is 1. The topological polar surface area (TPSA) is 38.7 Å². The minimum Gasteiger partial charge on any atom is -0.487 e. The van der Waals surface area contributed by atoms with Crippen LogP contribution in [0.2, 0.25) is 0 Å². The fourth-order valence-electron chi connectivity index (χ4n) is 2.48. The average Bonchev–Trinajstić information content (AvgIpc) is 2.29. The van der Waals surface area contributed by atoms with Crippen molar-refractivity contribution in [1.29, 1.82) is 0 Å². The number of rotatable bonds is 3. The van der Waals surface area contributed by atoms with Gasteiger partial charge in [0.05, 0.1) is 6.10 Å². The molecule has 0 aromatic heterocycles. The first-order valence-electron chi connectivity index (χ1n) is 6.81. The maximum Gasteiger partial charge on any atom is 0.130 e. The zero-order valence-electron chi connectivity index (χ0n) is 12.4. The highest BCUT2D eigenvalue weighted by atomic mass is 16.6. The number of hydrogen-bond donors (Lipinski definition) is 1. The minimum absolute atomic E-state index is 0.0340. The fraction of sp³-hybridized carbons (Fsp3) is 0.625. The molecule has 1 saturated carbocycles. The van der Waals surface area contributed by atoms with Crippen LogP contribution in [0.4, 0.5) is 0 Å². The van der Waals surface area contributed by atoms with Gasteiger partial charge in [-0.1, -0.05) is 38.5 Å². The molecule has 0 radical (unpaired) electrons. The number of aryl methyl sites for hydroxylation is 1. The molecule has 1 aromatic rings. The van der Waals surface area contributed by atoms with Crippen molar-refractivity contribution in [3.63, 3.8) is 0 Å². The molecular weight excluding hydrogens is 240 g/mol. The maximum atomic E-state index is 9.62. The van der Waals surface area contributed by atoms with E-state index in [-0.39, 0.29) is 17.6 Å². The molecule has 0 aliphatic heterocycles. The fourth-order valence-corrected chi connectivity index (χ4v) is 2.48. The zero-order chi connectivity index (χ0) is 14.2. The lowest BCUT2D eigenvalue weighted by Gasteiger charge is -2.40. The molecule has 0 spiro atoms. The van der Waals surface area contributed by atoms with Crippen molar-refractivity contribution in [3.8, 4) is 5.75 Å². The van der Waals surface area contributed by atoms with Gasteiger partial charge in [-0.25, -0.2) is 0 Å². The van der Waals surface area contributed by atoms with Gasteiger partial charge in [0.15, 0.2) is 0 Å². The van der Waals surface area contributed by atoms with Crippen LogP contribution in [-0.2, 0) is 10.2 Å². The second-order valence-corrected chi connectivity index (χ2v) is 6.41. The summed E-state index contributed by atoms with van der Waals surface area (Å²) in [5.41, 5.74) is 2.46. The highest BCUT2D eigenvalue weighted by molar-refractivity contribution is 5.41. The first-order chi connectivity index (χ1) is 8.82. The molecule has 3 heteroatoms. The van der Waals surface area contributed by atoms with Crippen molar-refractivity contribution in [3.05, 3.63) is 29.3 Å². The van der Waals surface area contributed by atoms with Crippen LogP contribution in [-0.4, -0.2) is 30.5 Å². The summed E-state index contributed by atoms with van der Waals surface area (Å²) in [6.45, 7) is 8.62. The van der Waals surface area contributed by atoms with Gasteiger partial charge >= 0.3 is 0 Å². The monoisotopic (exact) mass is 264 g/mol. The van der Waals surface area contributed by atoms with E-state index in [1.54, 1.807) is 7.11 Å². The zero-order valence-corrected chi connectivity index (χ0v) is 12.4. The summed E-state index contributed by atoms with van der Waals surface area (Å²) in [7, 11) is 1.61. The molecule has 3 unspecified atom stereocenters. The Kier molecular flexibility index (Phi) is 3.88. The van der Waals surface area contributed by atoms with Gasteiger partial charge in [0, 0.05) is 13.5 Å². The number of benzene rings is 1. The average molecular weight is 264 g/mol. The van der Waals surface area contributed by atoms with Crippen LogP contribution in [0.5, 0.6) is 5.75 Å². The van der Waals surface area contributed by atoms with Crippen LogP contribution in [0.25, 0.3) is 0 Å². The van der Waals surface area contributed by atoms with E-state index in [2.05, 4.69) is 39.8 Å². The number of aliphatic hydroxyl groups excluding tert-OH is 1. The molecule has 0 heterocycles. The molecule has 19 heavy (non-hydrogen) atoms. The summed E-state index contributed by atoms with van der Waals surface area (Å²) in [4.78, 5) is 0. The molecule has 1 N–H and O–H groups in total. The second-order valence-electron chi connectivity index (χ2n) is 6.41. The minimum atomic E-state index is -0.404. The van der Waals surface area contributed by atoms with Gasteiger partial charge in [-0.15, -0.1) is 0 Å². The van der Waals surface area contributed by atoms with E-state index in [0.717, 1.165) is 5.75 Å². The van der Waals surface area contributed by atoms with Crippen molar-refractivity contribution >= 4 is 0 Å². The standard InChI is InChI=1S/C16H24O3/c1-10-6-7-13(11(8-10)16(2,3)4)19-14-9-12(17)15(14)18-5/h6-8,12,14-15,17H,9H2,1-5H3. The molecule has 3 atom stereocenters. The van der Waals surface area contributed by atoms with Crippen molar-refractivity contribution in [2.45, 2.75) is 57.8 Å². The van der Waals surface area contributed by atoms with E-state index in [1.807, 2.05) is 6.07 Å². The lowest BCUT2D eigenvalue weighted by Crippen LogP contribution is -2.54. The van der Waals surface area contributed by atoms with Crippen LogP contribution >= 0.6 is 0 Å². The summed E-state index contributed by atoms with van der Waals surface area (Å²) in [6, 6.07) is 6.25. The van der Waals surface area contributed by atoms with Gasteiger partial charge in [0.1, 0.15) is 18.0 Å². The predicted molar refractivity (Wildman–Crippen MR) is 75.7 cm³/mol. The molecule has 3 nitrogen and oxygen atoms in total. The predicted octanol–water partition coefficient (Wildman–Crippen LogP) is 2.82. The van der Waals surface area contributed by atoms with Gasteiger partial charge in [0.25, 0.3) is 0 Å². The molecule has 0 amide bonds. The smallest absolute Gasteiger partial charge is 0.130 e. The van der Waals surface area contributed by atoms with Crippen LogP contribution in [0.1, 0.15) is 38.3 Å². The summed E-state index contributed by atoms with van der Waals surface area (Å²) in [5.74, 6) is 0.900. The first-order valence-corrected chi connectivity index (χ1v) is 6.81. The van der Waals surface area contributed by atoms with E-state index >= 15 is 0 Å². The van der Waals surface area contributed by atoms with E-state index in [0.29, 0.717) is 6.42 Å². The molecular formula is C16H24O3. The summed E-state index contributed by atoms with van der Waals surface area (Å²) in [5, 5.41) is 9.62. The Hall–Kier alpha value is -1.06. The Balaban J connectivity index is 2.21. The highest BCUT2D eigenvalue weighted by Crippen LogP contribution is 2.36. The van der Waals surface area contributed by atoms with E-state index in [4.69, 9.17) is 9.47 Å². The third kappa shape index (κ3) is 2.93. The van der Waals surface area contributed by atoms with Crippen molar-refractivity contribution < 1.29 is 14.6 Å². The molecule has 1 aliphatic rings. The Morgan fingerprint density at radius 3 is 2.47 bits per heavy atom. The molecule has 106 valence electrons. The van der Waals surface area contributed by atoms with Gasteiger partial charge in [-0.3, -0.25) is 0 Å². The summed E-state index contributed by atoms with van der Waals surface area (Å²) >= 11 is 0. The SMILES string of the molecule is COC1C(O)CC1Oc1ccc(C)cc1C(C)(C)C. The van der Waals surface area contributed by atoms with Gasteiger partial charge in [-0.05, 0) is 24.0 Å². The van der Waals surface area contributed by atoms with Crippen LogP contribution in [0.15, 0.2) is 18.2 Å². The third-order valence-corrected chi connectivity index (χ3v) is 3.71. The summed E-state index contributed by atoms with van der Waals surface area (Å²) < 4.78 is 11.3. The Bertz CT molecular complexity index is 448. The molecule has 1 aliphatic carbocycles. The van der Waals surface area contributed by atoms with E-state index in [1.165, 1.54) is 11.1 Å². The van der Waals surface area contributed by atoms with E-state index < -0.39 is 6.10 Å². The third-order valence-electron chi connectivity index (χ3n) is 3.71. The van der Waals surface area contributed by atoms with Gasteiger partial charge < -0.3 is 14.6 Å². The lowest BCUT2D eigenvalue weighted by atomic mass is 9.84. The Morgan fingerprint density at radius 1 is 1.26 bits per heavy atom. The van der Waals surface area contributed by atoms with Gasteiger partial charge in [0.2, 0.25) is 0 Å². The first kappa shape index (κ1) is 14.4. The van der Waals surface area contributed by atoms with Crippen LogP contribution < -0.4 is 4.74 Å². The summed E-state index contributed by atoms with van der Waals surface area (Å²) in [6.07, 6.45) is -0.0351. The Labute approximate surface area is 115 Å². The number of hydrogen-bond acceptors (Lipinski definition) is 3.